The largest absolute Gasteiger partial charge is 0.497 e. The van der Waals surface area contributed by atoms with Gasteiger partial charge in [-0.05, 0) is 45.4 Å². The van der Waals surface area contributed by atoms with Crippen LogP contribution in [0.5, 0.6) is 5.75 Å². The van der Waals surface area contributed by atoms with Crippen molar-refractivity contribution in [3.8, 4) is 5.75 Å². The fraction of sp³-hybridized carbons (Fsp3) is 0.613. The second-order valence-electron chi connectivity index (χ2n) is 11.8. The Hall–Kier alpha value is -2.43. The van der Waals surface area contributed by atoms with Crippen LogP contribution in [0.3, 0.4) is 0 Å². The summed E-state index contributed by atoms with van der Waals surface area (Å²) in [5.41, 5.74) is 10.2. The molecule has 1 aliphatic heterocycles. The summed E-state index contributed by atoms with van der Waals surface area (Å²) < 4.78 is 31.6. The van der Waals surface area contributed by atoms with Gasteiger partial charge in [0.15, 0.2) is 6.29 Å². The first kappa shape index (κ1) is 33.1. The number of benzene rings is 2. The van der Waals surface area contributed by atoms with Crippen molar-refractivity contribution in [3.05, 3.63) is 76.2 Å². The van der Waals surface area contributed by atoms with Crippen molar-refractivity contribution in [2.45, 2.75) is 101 Å². The van der Waals surface area contributed by atoms with E-state index in [1.54, 1.807) is 14.2 Å². The first-order valence-corrected chi connectivity index (χ1v) is 16.5. The lowest BCUT2D eigenvalue weighted by atomic mass is 9.79. The van der Waals surface area contributed by atoms with Crippen molar-refractivity contribution >= 4 is 8.32 Å². The molecule has 0 aromatic heterocycles. The second-order valence-corrected chi connectivity index (χ2v) is 17.2. The Morgan fingerprint density at radius 2 is 1.56 bits per heavy atom. The normalized spacial score (nSPS) is 25.0. The molecule has 0 amide bonds. The highest BCUT2D eigenvalue weighted by Gasteiger charge is 2.59. The maximum Gasteiger partial charge on any atom is 0.201 e. The van der Waals surface area contributed by atoms with Crippen LogP contribution in [0.1, 0.15) is 52.7 Å². The second kappa shape index (κ2) is 14.6. The van der Waals surface area contributed by atoms with Gasteiger partial charge in [-0.3, -0.25) is 0 Å². The molecule has 226 valence electrons. The van der Waals surface area contributed by atoms with Crippen LogP contribution in [0, 0.1) is 0 Å². The van der Waals surface area contributed by atoms with Gasteiger partial charge in [0, 0.05) is 18.4 Å². The molecular weight excluding hydrogens is 538 g/mol. The van der Waals surface area contributed by atoms with E-state index < -0.39 is 38.5 Å². The third-order valence-electron chi connectivity index (χ3n) is 8.42. The van der Waals surface area contributed by atoms with Crippen molar-refractivity contribution in [1.29, 1.82) is 0 Å². The Morgan fingerprint density at radius 1 is 0.951 bits per heavy atom. The van der Waals surface area contributed by atoms with Crippen molar-refractivity contribution in [2.75, 3.05) is 20.8 Å². The number of ether oxygens (including phenoxy) is 4. The highest BCUT2D eigenvalue weighted by Crippen LogP contribution is 2.47. The van der Waals surface area contributed by atoms with Crippen LogP contribution in [0.4, 0.5) is 0 Å². The molecule has 0 radical (unpaired) electrons. The van der Waals surface area contributed by atoms with E-state index in [1.165, 1.54) is 0 Å². The molecule has 2 aromatic rings. The summed E-state index contributed by atoms with van der Waals surface area (Å²) in [4.78, 5) is 2.95. The number of methoxy groups -OCH3 is 2. The molecular formula is C31H47N3O6Si. The molecule has 3 rings (SSSR count). The predicted octanol–water partition coefficient (Wildman–Crippen LogP) is 6.80. The Morgan fingerprint density at radius 3 is 2.07 bits per heavy atom. The molecule has 1 saturated heterocycles. The van der Waals surface area contributed by atoms with E-state index in [0.29, 0.717) is 5.75 Å². The fourth-order valence-electron chi connectivity index (χ4n) is 6.51. The molecule has 9 nitrogen and oxygen atoms in total. The minimum atomic E-state index is -2.49. The summed E-state index contributed by atoms with van der Waals surface area (Å²) in [5.74, 6) is 0.713. The number of aliphatic hydroxyl groups is 1. The zero-order valence-corrected chi connectivity index (χ0v) is 26.7. The van der Waals surface area contributed by atoms with Crippen LogP contribution in [0.15, 0.2) is 59.7 Å². The topological polar surface area (TPSA) is 115 Å². The highest BCUT2D eigenvalue weighted by molar-refractivity contribution is 6.77. The van der Waals surface area contributed by atoms with Crippen LogP contribution in [0.25, 0.3) is 10.4 Å². The number of hydrogen-bond acceptors (Lipinski definition) is 7. The van der Waals surface area contributed by atoms with Gasteiger partial charge in [0.1, 0.15) is 23.6 Å². The first-order chi connectivity index (χ1) is 19.5. The van der Waals surface area contributed by atoms with Crippen molar-refractivity contribution < 1.29 is 28.5 Å². The lowest BCUT2D eigenvalue weighted by Crippen LogP contribution is -2.71. The molecule has 1 aliphatic rings. The SMILES string of the molecule is COc1ccc(C[C@]2(O)[C@H](OCc3ccccc3)[C@H](O[Si](C(C)C)(C(C)C)C(C)C)[C@H](OC)O[C@@H]2CN=[N+]=[N-])cc1. The van der Waals surface area contributed by atoms with Gasteiger partial charge in [-0.15, -0.1) is 0 Å². The average molecular weight is 586 g/mol. The summed E-state index contributed by atoms with van der Waals surface area (Å²) >= 11 is 0. The van der Waals surface area contributed by atoms with Crippen molar-refractivity contribution in [3.63, 3.8) is 0 Å². The van der Waals surface area contributed by atoms with E-state index in [9.17, 15) is 5.11 Å². The van der Waals surface area contributed by atoms with Crippen molar-refractivity contribution in [2.24, 2.45) is 5.11 Å². The Labute approximate surface area is 245 Å². The molecule has 0 saturated carbocycles. The molecule has 10 heteroatoms. The molecule has 0 spiro atoms. The van der Waals surface area contributed by atoms with E-state index in [4.69, 9.17) is 28.9 Å². The Kier molecular flexibility index (Phi) is 11.8. The zero-order chi connectivity index (χ0) is 30.2. The molecule has 1 N–H and O–H groups in total. The van der Waals surface area contributed by atoms with E-state index in [1.807, 2.05) is 54.6 Å². The summed E-state index contributed by atoms with van der Waals surface area (Å²) in [6, 6.07) is 17.3. The van der Waals surface area contributed by atoms with E-state index in [0.717, 1.165) is 11.1 Å². The molecule has 1 fully saturated rings. The summed E-state index contributed by atoms with van der Waals surface area (Å²) in [5, 5.41) is 16.5. The smallest absolute Gasteiger partial charge is 0.201 e. The molecule has 5 atom stereocenters. The minimum Gasteiger partial charge on any atom is -0.497 e. The molecule has 0 bridgehead atoms. The summed E-state index contributed by atoms with van der Waals surface area (Å²) in [6.45, 7) is 13.4. The third-order valence-corrected chi connectivity index (χ3v) is 14.5. The van der Waals surface area contributed by atoms with Crippen LogP contribution >= 0.6 is 0 Å². The summed E-state index contributed by atoms with van der Waals surface area (Å²) in [7, 11) is 0.693. The van der Waals surface area contributed by atoms with Gasteiger partial charge in [-0.2, -0.15) is 0 Å². The van der Waals surface area contributed by atoms with Gasteiger partial charge in [0.2, 0.25) is 8.32 Å². The molecule has 2 aromatic carbocycles. The van der Waals surface area contributed by atoms with Crippen LogP contribution in [-0.2, 0) is 31.7 Å². The van der Waals surface area contributed by atoms with Crippen LogP contribution in [-0.4, -0.2) is 64.4 Å². The van der Waals surface area contributed by atoms with E-state index >= 15 is 0 Å². The minimum absolute atomic E-state index is 0.0952. The quantitative estimate of drug-likeness (QED) is 0.113. The lowest BCUT2D eigenvalue weighted by Gasteiger charge is -2.54. The van der Waals surface area contributed by atoms with Gasteiger partial charge >= 0.3 is 0 Å². The average Bonchev–Trinajstić information content (AvgIpc) is 2.95. The first-order valence-electron chi connectivity index (χ1n) is 14.4. The van der Waals surface area contributed by atoms with Gasteiger partial charge < -0.3 is 28.5 Å². The van der Waals surface area contributed by atoms with Gasteiger partial charge in [-0.25, -0.2) is 0 Å². The standard InChI is InChI=1S/C31H47N3O6Si/c1-21(2)41(22(3)4,23(5)6)40-28-29(38-20-25-12-10-9-11-13-25)31(35,18-24-14-16-26(36-7)17-15-24)27(19-33-34-32)39-30(28)37-8/h9-17,21-23,27-30,35H,18-20H2,1-8H3/t27-,28+,29-,30-,31-/m1/s1. The zero-order valence-electron chi connectivity index (χ0n) is 25.7. The monoisotopic (exact) mass is 585 g/mol. The van der Waals surface area contributed by atoms with E-state index in [2.05, 4.69) is 51.6 Å². The fourth-order valence-corrected chi connectivity index (χ4v) is 12.0. The number of nitrogens with zero attached hydrogens (tertiary/aromatic N) is 3. The molecule has 0 aliphatic carbocycles. The van der Waals surface area contributed by atoms with Crippen LogP contribution < -0.4 is 4.74 Å². The van der Waals surface area contributed by atoms with Gasteiger partial charge in [-0.1, -0.05) is 89.1 Å². The number of azide groups is 1. The van der Waals surface area contributed by atoms with E-state index in [-0.39, 0.29) is 36.2 Å². The molecule has 1 heterocycles. The third kappa shape index (κ3) is 7.32. The van der Waals surface area contributed by atoms with Gasteiger partial charge in [0.25, 0.3) is 0 Å². The van der Waals surface area contributed by atoms with Crippen LogP contribution in [0.2, 0.25) is 16.6 Å². The Bertz CT molecular complexity index is 1100. The maximum atomic E-state index is 12.7. The maximum absolute atomic E-state index is 12.7. The number of rotatable bonds is 14. The lowest BCUT2D eigenvalue weighted by molar-refractivity contribution is -0.325. The number of hydrogen-bond donors (Lipinski definition) is 1. The van der Waals surface area contributed by atoms with Crippen molar-refractivity contribution in [1.82, 2.24) is 0 Å². The Balaban J connectivity index is 2.16. The predicted molar refractivity (Wildman–Crippen MR) is 162 cm³/mol. The summed E-state index contributed by atoms with van der Waals surface area (Å²) in [6.07, 6.45) is -3.15. The molecule has 41 heavy (non-hydrogen) atoms. The highest BCUT2D eigenvalue weighted by atomic mass is 28.4. The molecule has 0 unspecified atom stereocenters. The van der Waals surface area contributed by atoms with Gasteiger partial charge in [0.05, 0.1) is 26.4 Å².